The molecule has 34 heavy (non-hydrogen) atoms. The van der Waals surface area contributed by atoms with Crippen LogP contribution in [-0.2, 0) is 13.0 Å². The standard InChI is InChI=1S/C26H31N5O2S/c1-30(17-26(11-12-26)34-21-8-9-21)13-10-22-23(16-32)31(20-6-7-20)29-24(22)25(33)28-15-19-4-2-18(14-27)3-5-19/h2-5,16,20-21H,6-13,15,17H2,1H3,(H,28,33). The van der Waals surface area contributed by atoms with Gasteiger partial charge in [0.2, 0.25) is 0 Å². The van der Waals surface area contributed by atoms with Gasteiger partial charge in [-0.2, -0.15) is 22.1 Å². The van der Waals surface area contributed by atoms with Crippen molar-refractivity contribution in [3.63, 3.8) is 0 Å². The molecule has 178 valence electrons. The predicted octanol–water partition coefficient (Wildman–Crippen LogP) is 3.73. The van der Waals surface area contributed by atoms with Gasteiger partial charge in [0.25, 0.3) is 5.91 Å². The second-order valence-corrected chi connectivity index (χ2v) is 11.8. The molecule has 1 aromatic carbocycles. The van der Waals surface area contributed by atoms with Crippen LogP contribution in [0.3, 0.4) is 0 Å². The summed E-state index contributed by atoms with van der Waals surface area (Å²) < 4.78 is 2.19. The van der Waals surface area contributed by atoms with E-state index in [1.807, 2.05) is 12.1 Å². The first kappa shape index (κ1) is 23.1. The van der Waals surface area contributed by atoms with Crippen LogP contribution < -0.4 is 5.32 Å². The van der Waals surface area contributed by atoms with Crippen LogP contribution in [0.5, 0.6) is 0 Å². The summed E-state index contributed by atoms with van der Waals surface area (Å²) in [6.07, 6.45) is 8.79. The lowest BCUT2D eigenvalue weighted by atomic mass is 10.1. The summed E-state index contributed by atoms with van der Waals surface area (Å²) in [5.74, 6) is -0.257. The largest absolute Gasteiger partial charge is 0.347 e. The summed E-state index contributed by atoms with van der Waals surface area (Å²) in [7, 11) is 2.14. The fourth-order valence-electron chi connectivity index (χ4n) is 4.46. The molecule has 0 saturated heterocycles. The zero-order valence-electron chi connectivity index (χ0n) is 19.6. The number of benzene rings is 1. The van der Waals surface area contributed by atoms with Crippen molar-refractivity contribution >= 4 is 24.0 Å². The first-order chi connectivity index (χ1) is 16.5. The molecule has 7 nitrogen and oxygen atoms in total. The van der Waals surface area contributed by atoms with E-state index in [0.717, 1.165) is 48.6 Å². The highest BCUT2D eigenvalue weighted by atomic mass is 32.2. The molecule has 0 spiro atoms. The van der Waals surface area contributed by atoms with E-state index in [-0.39, 0.29) is 11.9 Å². The van der Waals surface area contributed by atoms with Gasteiger partial charge in [0.05, 0.1) is 17.7 Å². The third-order valence-electron chi connectivity index (χ3n) is 6.86. The lowest BCUT2D eigenvalue weighted by Gasteiger charge is -2.23. The van der Waals surface area contributed by atoms with E-state index in [9.17, 15) is 9.59 Å². The van der Waals surface area contributed by atoms with Crippen molar-refractivity contribution in [2.75, 3.05) is 20.1 Å². The molecule has 0 bridgehead atoms. The highest BCUT2D eigenvalue weighted by Gasteiger charge is 2.47. The number of carbonyl (C=O) groups excluding carboxylic acids is 2. The van der Waals surface area contributed by atoms with Crippen LogP contribution in [0.15, 0.2) is 24.3 Å². The highest BCUT2D eigenvalue weighted by molar-refractivity contribution is 8.01. The van der Waals surface area contributed by atoms with Gasteiger partial charge >= 0.3 is 0 Å². The maximum Gasteiger partial charge on any atom is 0.272 e. The van der Waals surface area contributed by atoms with Crippen molar-refractivity contribution in [2.45, 2.75) is 67.5 Å². The second kappa shape index (κ2) is 9.55. The summed E-state index contributed by atoms with van der Waals surface area (Å²) in [5.41, 5.74) is 3.17. The molecule has 8 heteroatoms. The van der Waals surface area contributed by atoms with Gasteiger partial charge in [-0.3, -0.25) is 14.3 Å². The van der Waals surface area contributed by atoms with Gasteiger partial charge in [0.15, 0.2) is 12.0 Å². The van der Waals surface area contributed by atoms with Crippen LogP contribution in [0.1, 0.15) is 82.2 Å². The smallest absolute Gasteiger partial charge is 0.272 e. The quantitative estimate of drug-likeness (QED) is 0.469. The molecule has 1 N–H and O–H groups in total. The van der Waals surface area contributed by atoms with Gasteiger partial charge in [-0.15, -0.1) is 0 Å². The molecule has 1 aromatic heterocycles. The number of carbonyl (C=O) groups is 2. The van der Waals surface area contributed by atoms with Crippen molar-refractivity contribution in [1.29, 1.82) is 5.26 Å². The van der Waals surface area contributed by atoms with Crippen LogP contribution in [-0.4, -0.2) is 57.0 Å². The van der Waals surface area contributed by atoms with Gasteiger partial charge in [0, 0.05) is 35.2 Å². The normalized spacial score (nSPS) is 18.5. The van der Waals surface area contributed by atoms with Crippen LogP contribution in [0.25, 0.3) is 0 Å². The lowest BCUT2D eigenvalue weighted by molar-refractivity contribution is 0.0943. The number of nitriles is 1. The number of nitrogens with zero attached hydrogens (tertiary/aromatic N) is 4. The second-order valence-electron chi connectivity index (χ2n) is 9.99. The molecule has 0 aliphatic heterocycles. The average molecular weight is 478 g/mol. The van der Waals surface area contributed by atoms with Gasteiger partial charge in [-0.25, -0.2) is 0 Å². The van der Waals surface area contributed by atoms with Gasteiger partial charge < -0.3 is 10.2 Å². The molecule has 2 aromatic rings. The Morgan fingerprint density at radius 3 is 2.62 bits per heavy atom. The Morgan fingerprint density at radius 1 is 1.29 bits per heavy atom. The minimum atomic E-state index is -0.257. The monoisotopic (exact) mass is 477 g/mol. The molecule has 0 atom stereocenters. The first-order valence-corrected chi connectivity index (χ1v) is 13.1. The Bertz CT molecular complexity index is 1110. The molecule has 3 saturated carbocycles. The number of aromatic nitrogens is 2. The molecule has 3 aliphatic rings. The topological polar surface area (TPSA) is 91.0 Å². The van der Waals surface area contributed by atoms with Gasteiger partial charge in [0.1, 0.15) is 5.69 Å². The van der Waals surface area contributed by atoms with Crippen molar-refractivity contribution in [3.05, 3.63) is 52.3 Å². The summed E-state index contributed by atoms with van der Waals surface area (Å²) in [4.78, 5) is 27.5. The summed E-state index contributed by atoms with van der Waals surface area (Å²) in [6.45, 7) is 2.19. The number of thioether (sulfide) groups is 1. The fourth-order valence-corrected chi connectivity index (χ4v) is 6.17. The van der Waals surface area contributed by atoms with Crippen molar-refractivity contribution < 1.29 is 9.59 Å². The number of amides is 1. The summed E-state index contributed by atoms with van der Waals surface area (Å²) in [6, 6.07) is 9.47. The number of hydrogen-bond acceptors (Lipinski definition) is 6. The average Bonchev–Trinajstić information content (AvgIpc) is 3.73. The van der Waals surface area contributed by atoms with E-state index in [1.54, 1.807) is 16.8 Å². The molecule has 3 aliphatic carbocycles. The third kappa shape index (κ3) is 5.37. The van der Waals surface area contributed by atoms with Crippen LogP contribution in [0.2, 0.25) is 0 Å². The maximum atomic E-state index is 13.1. The van der Waals surface area contributed by atoms with E-state index in [0.29, 0.717) is 34.7 Å². The molecule has 1 amide bonds. The Kier molecular flexibility index (Phi) is 6.50. The molecular weight excluding hydrogens is 446 g/mol. The minimum absolute atomic E-state index is 0.224. The van der Waals surface area contributed by atoms with Crippen molar-refractivity contribution in [3.8, 4) is 6.07 Å². The Labute approximate surface area is 204 Å². The van der Waals surface area contributed by atoms with E-state index in [1.165, 1.54) is 25.7 Å². The zero-order chi connectivity index (χ0) is 23.7. The van der Waals surface area contributed by atoms with Crippen molar-refractivity contribution in [2.24, 2.45) is 0 Å². The lowest BCUT2D eigenvalue weighted by Crippen LogP contribution is -2.31. The summed E-state index contributed by atoms with van der Waals surface area (Å²) >= 11 is 2.17. The SMILES string of the molecule is CN(CCc1c(C(=O)NCc2ccc(C#N)cc2)nn(C2CC2)c1C=O)CC1(SC2CC2)CC1. The number of nitrogens with one attached hydrogen (secondary N) is 1. The number of likely N-dealkylation sites (N-methyl/N-ethyl adjacent to an activating group) is 1. The molecular formula is C26H31N5O2S. The number of aldehydes is 1. The van der Waals surface area contributed by atoms with E-state index < -0.39 is 0 Å². The number of rotatable bonds is 12. The van der Waals surface area contributed by atoms with E-state index in [4.69, 9.17) is 5.26 Å². The number of hydrogen-bond donors (Lipinski definition) is 1. The maximum absolute atomic E-state index is 13.1. The van der Waals surface area contributed by atoms with Gasteiger partial charge in [-0.1, -0.05) is 12.1 Å². The first-order valence-electron chi connectivity index (χ1n) is 12.2. The van der Waals surface area contributed by atoms with Crippen LogP contribution in [0, 0.1) is 11.3 Å². The van der Waals surface area contributed by atoms with Crippen LogP contribution >= 0.6 is 11.8 Å². The molecule has 5 rings (SSSR count). The Hall–Kier alpha value is -2.63. The van der Waals surface area contributed by atoms with E-state index >= 15 is 0 Å². The Morgan fingerprint density at radius 2 is 2.03 bits per heavy atom. The van der Waals surface area contributed by atoms with Crippen molar-refractivity contribution in [1.82, 2.24) is 20.0 Å². The highest BCUT2D eigenvalue weighted by Crippen LogP contribution is 2.55. The van der Waals surface area contributed by atoms with Gasteiger partial charge in [-0.05, 0) is 69.7 Å². The fraction of sp³-hybridized carbons (Fsp3) is 0.538. The Balaban J connectivity index is 1.26. The molecule has 3 fully saturated rings. The third-order valence-corrected chi connectivity index (χ3v) is 8.70. The molecule has 0 unspecified atom stereocenters. The zero-order valence-corrected chi connectivity index (χ0v) is 20.4. The van der Waals surface area contributed by atoms with Crippen LogP contribution in [0.4, 0.5) is 0 Å². The summed E-state index contributed by atoms with van der Waals surface area (Å²) in [5, 5.41) is 17.4. The minimum Gasteiger partial charge on any atom is -0.347 e. The predicted molar refractivity (Wildman–Crippen MR) is 132 cm³/mol. The van der Waals surface area contributed by atoms with E-state index in [2.05, 4.69) is 40.2 Å². The molecule has 1 heterocycles. The molecule has 0 radical (unpaired) electrons.